The molecule has 9 aromatic carbocycles. The number of hydrogen-bond acceptors (Lipinski definition) is 1. The highest BCUT2D eigenvalue weighted by atomic mass is 15.1. The van der Waals surface area contributed by atoms with Crippen LogP contribution in [-0.4, -0.2) is 0 Å². The van der Waals surface area contributed by atoms with Crippen LogP contribution in [0.2, 0.25) is 0 Å². The number of nitrogens with zero attached hydrogens (tertiary/aromatic N) is 1. The maximum absolute atomic E-state index is 2.58. The fraction of sp³-hybridized carbons (Fsp3) is 0.107. The summed E-state index contributed by atoms with van der Waals surface area (Å²) in [5.41, 5.74) is 20.5. The second-order valence-electron chi connectivity index (χ2n) is 16.6. The number of hydrogen-bond donors (Lipinski definition) is 0. The van der Waals surface area contributed by atoms with E-state index in [1.54, 1.807) is 0 Å². The van der Waals surface area contributed by atoms with E-state index in [1.165, 1.54) is 111 Å². The standard InChI is InChI=1S/C56H41N/c1-4-35-30-31-37-18-13-23-44-41-21-9-12-27-48(41)56(53(35)52(37)44)47-26-11-8-20-40(47)43-33-32-38(34-49(43)56)57(50-28-14-17-36-16-5-6-19-39(36)50)51-29-15-24-45-42-22-7-10-25-46(42)55(2,3)54(45)51/h5-34H,4H2,1-3H3. The molecule has 1 heteroatoms. The zero-order valence-electron chi connectivity index (χ0n) is 32.5. The van der Waals surface area contributed by atoms with Gasteiger partial charge in [0.05, 0.1) is 16.8 Å². The Bertz CT molecular complexity index is 3160. The van der Waals surface area contributed by atoms with Gasteiger partial charge in [0.1, 0.15) is 0 Å². The quantitative estimate of drug-likeness (QED) is 0.174. The molecule has 0 saturated carbocycles. The smallest absolute Gasteiger partial charge is 0.0729 e. The predicted molar refractivity (Wildman–Crippen MR) is 239 cm³/mol. The summed E-state index contributed by atoms with van der Waals surface area (Å²) in [4.78, 5) is 2.58. The number of fused-ring (bicyclic) bond motifs is 13. The zero-order chi connectivity index (χ0) is 38.0. The lowest BCUT2D eigenvalue weighted by molar-refractivity contribution is 0.661. The molecule has 0 heterocycles. The van der Waals surface area contributed by atoms with Crippen molar-refractivity contribution in [3.63, 3.8) is 0 Å². The second kappa shape index (κ2) is 11.7. The number of rotatable bonds is 4. The molecule has 0 saturated heterocycles. The van der Waals surface area contributed by atoms with Crippen molar-refractivity contribution in [3.8, 4) is 33.4 Å². The molecule has 270 valence electrons. The van der Waals surface area contributed by atoms with Crippen molar-refractivity contribution in [3.05, 3.63) is 221 Å². The van der Waals surface area contributed by atoms with E-state index in [-0.39, 0.29) is 5.41 Å². The zero-order valence-corrected chi connectivity index (χ0v) is 32.5. The molecule has 1 atom stereocenters. The summed E-state index contributed by atoms with van der Waals surface area (Å²) in [5, 5.41) is 5.15. The Morgan fingerprint density at radius 2 is 0.982 bits per heavy atom. The molecule has 9 aromatic rings. The van der Waals surface area contributed by atoms with Crippen molar-refractivity contribution in [2.45, 2.75) is 38.0 Å². The SMILES string of the molecule is CCc1ccc2cccc3c2c1C1(c2ccccc2-c2ccc(N(c4cccc5c4C(C)(C)c4ccccc4-5)c4cccc5ccccc45)cc21)c1ccccc1-3. The molecule has 0 aromatic heterocycles. The number of benzene rings is 9. The summed E-state index contributed by atoms with van der Waals surface area (Å²) in [7, 11) is 0. The Morgan fingerprint density at radius 1 is 0.421 bits per heavy atom. The lowest BCUT2D eigenvalue weighted by Crippen LogP contribution is -2.33. The fourth-order valence-corrected chi connectivity index (χ4v) is 11.3. The van der Waals surface area contributed by atoms with E-state index in [4.69, 9.17) is 0 Å². The van der Waals surface area contributed by atoms with E-state index in [2.05, 4.69) is 208 Å². The number of aryl methyl sites for hydroxylation is 1. The summed E-state index contributed by atoms with van der Waals surface area (Å²) in [6.07, 6.45) is 0.953. The largest absolute Gasteiger partial charge is 0.310 e. The number of anilines is 3. The van der Waals surface area contributed by atoms with Crippen molar-refractivity contribution in [1.29, 1.82) is 0 Å². The van der Waals surface area contributed by atoms with Gasteiger partial charge in [0, 0.05) is 16.5 Å². The molecule has 0 bridgehead atoms. The minimum Gasteiger partial charge on any atom is -0.310 e. The Morgan fingerprint density at radius 3 is 1.77 bits per heavy atom. The van der Waals surface area contributed by atoms with Crippen LogP contribution < -0.4 is 4.90 Å². The summed E-state index contributed by atoms with van der Waals surface area (Å²) < 4.78 is 0. The van der Waals surface area contributed by atoms with Crippen LogP contribution in [0, 0.1) is 0 Å². The molecule has 1 unspecified atom stereocenters. The summed E-state index contributed by atoms with van der Waals surface area (Å²) in [6, 6.07) is 69.0. The highest BCUT2D eigenvalue weighted by Gasteiger charge is 2.51. The van der Waals surface area contributed by atoms with Gasteiger partial charge in [0.2, 0.25) is 0 Å². The topological polar surface area (TPSA) is 3.24 Å². The van der Waals surface area contributed by atoms with Gasteiger partial charge in [0.25, 0.3) is 0 Å². The fourth-order valence-electron chi connectivity index (χ4n) is 11.3. The molecule has 1 spiro atoms. The van der Waals surface area contributed by atoms with Gasteiger partial charge in [-0.3, -0.25) is 0 Å². The van der Waals surface area contributed by atoms with Gasteiger partial charge in [-0.25, -0.2) is 0 Å². The van der Waals surface area contributed by atoms with E-state index in [0.29, 0.717) is 0 Å². The highest BCUT2D eigenvalue weighted by Crippen LogP contribution is 2.64. The molecule has 12 rings (SSSR count). The molecule has 0 N–H and O–H groups in total. The molecule has 0 radical (unpaired) electrons. The van der Waals surface area contributed by atoms with Gasteiger partial charge in [-0.1, -0.05) is 178 Å². The van der Waals surface area contributed by atoms with Gasteiger partial charge in [-0.05, 0) is 119 Å². The van der Waals surface area contributed by atoms with E-state index >= 15 is 0 Å². The monoisotopic (exact) mass is 727 g/mol. The van der Waals surface area contributed by atoms with E-state index in [0.717, 1.165) is 6.42 Å². The van der Waals surface area contributed by atoms with Gasteiger partial charge in [-0.2, -0.15) is 0 Å². The molecular formula is C56H41N. The summed E-state index contributed by atoms with van der Waals surface area (Å²) >= 11 is 0. The summed E-state index contributed by atoms with van der Waals surface area (Å²) in [6.45, 7) is 7.13. The van der Waals surface area contributed by atoms with Crippen LogP contribution in [0.4, 0.5) is 17.1 Å². The van der Waals surface area contributed by atoms with Gasteiger partial charge < -0.3 is 4.90 Å². The third-order valence-electron chi connectivity index (χ3n) is 13.6. The predicted octanol–water partition coefficient (Wildman–Crippen LogP) is 14.7. The maximum Gasteiger partial charge on any atom is 0.0729 e. The van der Waals surface area contributed by atoms with Crippen molar-refractivity contribution in [2.75, 3.05) is 4.90 Å². The van der Waals surface area contributed by atoms with Crippen LogP contribution in [0.15, 0.2) is 182 Å². The van der Waals surface area contributed by atoms with Crippen molar-refractivity contribution < 1.29 is 0 Å². The molecule has 0 fully saturated rings. The highest BCUT2D eigenvalue weighted by molar-refractivity contribution is 6.08. The van der Waals surface area contributed by atoms with E-state index < -0.39 is 5.41 Å². The van der Waals surface area contributed by atoms with Crippen LogP contribution in [0.25, 0.3) is 54.9 Å². The Kier molecular flexibility index (Phi) is 6.66. The minimum atomic E-state index is -0.504. The van der Waals surface area contributed by atoms with Crippen LogP contribution in [0.1, 0.15) is 59.7 Å². The van der Waals surface area contributed by atoms with Gasteiger partial charge in [0.15, 0.2) is 0 Å². The molecule has 3 aliphatic carbocycles. The van der Waals surface area contributed by atoms with Crippen LogP contribution in [-0.2, 0) is 17.3 Å². The molecule has 1 nitrogen and oxygen atoms in total. The Labute approximate surface area is 334 Å². The van der Waals surface area contributed by atoms with Gasteiger partial charge >= 0.3 is 0 Å². The normalized spacial score (nSPS) is 16.3. The molecule has 0 aliphatic heterocycles. The summed E-state index contributed by atoms with van der Waals surface area (Å²) in [5.74, 6) is 0. The van der Waals surface area contributed by atoms with Crippen LogP contribution in [0.5, 0.6) is 0 Å². The Balaban J connectivity index is 1.22. The van der Waals surface area contributed by atoms with Crippen LogP contribution in [0.3, 0.4) is 0 Å². The first-order valence-electron chi connectivity index (χ1n) is 20.4. The van der Waals surface area contributed by atoms with E-state index in [9.17, 15) is 0 Å². The van der Waals surface area contributed by atoms with Gasteiger partial charge in [-0.15, -0.1) is 0 Å². The first kappa shape index (κ1) is 32.5. The molecule has 3 aliphatic rings. The molecular weight excluding hydrogens is 687 g/mol. The second-order valence-corrected chi connectivity index (χ2v) is 16.6. The molecule has 57 heavy (non-hydrogen) atoms. The lowest BCUT2D eigenvalue weighted by atomic mass is 9.60. The first-order valence-corrected chi connectivity index (χ1v) is 20.4. The van der Waals surface area contributed by atoms with Crippen LogP contribution >= 0.6 is 0 Å². The third kappa shape index (κ3) is 4.14. The maximum atomic E-state index is 2.58. The average molecular weight is 728 g/mol. The third-order valence-corrected chi connectivity index (χ3v) is 13.6. The Hall–Kier alpha value is -6.70. The van der Waals surface area contributed by atoms with Crippen molar-refractivity contribution in [2.24, 2.45) is 0 Å². The average Bonchev–Trinajstić information content (AvgIpc) is 3.68. The first-order chi connectivity index (χ1) is 28.0. The van der Waals surface area contributed by atoms with E-state index in [1.807, 2.05) is 0 Å². The lowest BCUT2D eigenvalue weighted by Gasteiger charge is -2.42. The van der Waals surface area contributed by atoms with Crippen molar-refractivity contribution >= 4 is 38.6 Å². The van der Waals surface area contributed by atoms with Crippen molar-refractivity contribution in [1.82, 2.24) is 0 Å². The minimum absolute atomic E-state index is 0.197. The molecule has 0 amide bonds.